The molecule has 1 saturated carbocycles. The normalized spacial score (nSPS) is 13.7. The molecule has 176 valence electrons. The largest absolute Gasteiger partial charge is 0.477 e. The van der Waals surface area contributed by atoms with Gasteiger partial charge in [-0.15, -0.1) is 0 Å². The molecule has 1 aromatic carbocycles. The van der Waals surface area contributed by atoms with Crippen LogP contribution in [0.1, 0.15) is 40.2 Å². The first-order valence-electron chi connectivity index (χ1n) is 11.1. The number of nitrogens with zero attached hydrogens (tertiary/aromatic N) is 3. The van der Waals surface area contributed by atoms with Crippen LogP contribution in [0.4, 0.5) is 14.5 Å². The molecule has 0 spiro atoms. The van der Waals surface area contributed by atoms with E-state index in [1.54, 1.807) is 20.2 Å². The van der Waals surface area contributed by atoms with Crippen LogP contribution >= 0.6 is 0 Å². The number of rotatable bonds is 4. The molecule has 1 aliphatic carbocycles. The van der Waals surface area contributed by atoms with E-state index in [0.29, 0.717) is 44.6 Å². The second kappa shape index (κ2) is 7.33. The minimum Gasteiger partial charge on any atom is -0.477 e. The van der Waals surface area contributed by atoms with Crippen molar-refractivity contribution in [3.05, 3.63) is 69.4 Å². The predicted molar refractivity (Wildman–Crippen MR) is 127 cm³/mol. The zero-order valence-corrected chi connectivity index (χ0v) is 18.7. The van der Waals surface area contributed by atoms with Crippen LogP contribution in [0.15, 0.2) is 35.5 Å². The number of aromatic amines is 1. The maximum absolute atomic E-state index is 15.2. The van der Waals surface area contributed by atoms with E-state index in [2.05, 4.69) is 20.3 Å². The summed E-state index contributed by atoms with van der Waals surface area (Å²) >= 11 is 0. The van der Waals surface area contributed by atoms with Crippen LogP contribution in [-0.4, -0.2) is 37.5 Å². The van der Waals surface area contributed by atoms with Crippen LogP contribution in [-0.2, 0) is 0 Å². The van der Waals surface area contributed by atoms with Gasteiger partial charge >= 0.3 is 5.97 Å². The van der Waals surface area contributed by atoms with E-state index in [-0.39, 0.29) is 11.3 Å². The Hall–Kier alpha value is -4.34. The Labute approximate surface area is 196 Å². The maximum atomic E-state index is 15.2. The van der Waals surface area contributed by atoms with Crippen LogP contribution in [0.2, 0.25) is 0 Å². The zero-order chi connectivity index (χ0) is 24.6. The van der Waals surface area contributed by atoms with Crippen molar-refractivity contribution in [1.82, 2.24) is 19.4 Å². The lowest BCUT2D eigenvalue weighted by Crippen LogP contribution is -2.23. The first kappa shape index (κ1) is 21.2. The van der Waals surface area contributed by atoms with Crippen molar-refractivity contribution in [2.45, 2.75) is 25.7 Å². The molecule has 1 fully saturated rings. The highest BCUT2D eigenvalue weighted by molar-refractivity contribution is 6.13. The highest BCUT2D eigenvalue weighted by atomic mass is 19.2. The number of carboxylic acids is 1. The highest BCUT2D eigenvalue weighted by Gasteiger charge is 2.32. The number of nitrogens with one attached hydrogen (secondary N) is 2. The number of hydrogen-bond donors (Lipinski definition) is 3. The number of fused-ring (bicyclic) bond motifs is 4. The van der Waals surface area contributed by atoms with Gasteiger partial charge < -0.3 is 15.4 Å². The molecular formula is C25H19F2N5O3. The van der Waals surface area contributed by atoms with Gasteiger partial charge in [-0.25, -0.2) is 23.5 Å². The number of hydrogen-bond acceptors (Lipinski definition) is 5. The Morgan fingerprint density at radius 1 is 1.20 bits per heavy atom. The topological polar surface area (TPSA) is 112 Å². The summed E-state index contributed by atoms with van der Waals surface area (Å²) in [5.74, 6) is -3.16. The number of pyridine rings is 2. The lowest BCUT2D eigenvalue weighted by Gasteiger charge is -2.14. The summed E-state index contributed by atoms with van der Waals surface area (Å²) in [6.45, 7) is 1.77. The Morgan fingerprint density at radius 2 is 1.97 bits per heavy atom. The summed E-state index contributed by atoms with van der Waals surface area (Å²) < 4.78 is 30.9. The van der Waals surface area contributed by atoms with Crippen molar-refractivity contribution in [2.75, 3.05) is 12.4 Å². The molecule has 0 bridgehead atoms. The second-order valence-electron chi connectivity index (χ2n) is 8.82. The lowest BCUT2D eigenvalue weighted by molar-refractivity contribution is 0.0694. The van der Waals surface area contributed by atoms with Gasteiger partial charge in [0.15, 0.2) is 11.6 Å². The van der Waals surface area contributed by atoms with Crippen molar-refractivity contribution in [3.8, 4) is 11.1 Å². The summed E-state index contributed by atoms with van der Waals surface area (Å²) in [5.41, 5.74) is 3.24. The molecule has 4 heterocycles. The van der Waals surface area contributed by atoms with Crippen molar-refractivity contribution < 1.29 is 18.7 Å². The van der Waals surface area contributed by atoms with Crippen molar-refractivity contribution in [2.24, 2.45) is 0 Å². The van der Waals surface area contributed by atoms with Crippen molar-refractivity contribution in [3.63, 3.8) is 0 Å². The number of anilines is 1. The number of halogens is 2. The molecule has 0 unspecified atom stereocenters. The second-order valence-corrected chi connectivity index (χ2v) is 8.82. The summed E-state index contributed by atoms with van der Waals surface area (Å²) in [6.07, 6.45) is 6.00. The van der Waals surface area contributed by atoms with Crippen LogP contribution in [0, 0.1) is 18.6 Å². The molecule has 6 rings (SSSR count). The fourth-order valence-electron chi connectivity index (χ4n) is 4.85. The molecule has 0 saturated heterocycles. The standard InChI is InChI=1S/C25H19F2N5O3/c1-10-5-12(9-32-23(10)30-8-14(24(32)33)25(34)35)13-7-29-22-18(17(13)11-3-4-11)19-20(27)15(26)6-16(28-2)21(19)31-22/h5-9,11,28H,3-4H2,1-2H3,(H,29,31)(H,34,35). The van der Waals surface area contributed by atoms with Gasteiger partial charge in [-0.3, -0.25) is 9.20 Å². The van der Waals surface area contributed by atoms with E-state index < -0.39 is 28.7 Å². The highest BCUT2D eigenvalue weighted by Crippen LogP contribution is 2.49. The Kier molecular flexibility index (Phi) is 4.44. The molecule has 5 aromatic rings. The van der Waals surface area contributed by atoms with Gasteiger partial charge in [-0.2, -0.15) is 0 Å². The first-order chi connectivity index (χ1) is 16.8. The molecule has 0 atom stereocenters. The van der Waals surface area contributed by atoms with Crippen molar-refractivity contribution >= 4 is 39.2 Å². The monoisotopic (exact) mass is 475 g/mol. The van der Waals surface area contributed by atoms with Crippen LogP contribution in [0.5, 0.6) is 0 Å². The predicted octanol–water partition coefficient (Wildman–Crippen LogP) is 4.59. The Morgan fingerprint density at radius 3 is 2.66 bits per heavy atom. The quantitative estimate of drug-likeness (QED) is 0.350. The molecule has 0 amide bonds. The minimum atomic E-state index is -1.36. The summed E-state index contributed by atoms with van der Waals surface area (Å²) in [4.78, 5) is 36.1. The number of H-pyrrole nitrogens is 1. The van der Waals surface area contributed by atoms with Crippen LogP contribution < -0.4 is 10.9 Å². The number of aromatic carboxylic acids is 1. The molecule has 4 aromatic heterocycles. The number of carbonyl (C=O) groups is 1. The number of aromatic nitrogens is 4. The third-order valence-electron chi connectivity index (χ3n) is 6.61. The summed E-state index contributed by atoms with van der Waals surface area (Å²) in [5, 5.41) is 12.9. The van der Waals surface area contributed by atoms with Gasteiger partial charge in [0.1, 0.15) is 16.9 Å². The maximum Gasteiger partial charge on any atom is 0.342 e. The molecule has 8 nitrogen and oxygen atoms in total. The number of carboxylic acid groups (broad SMARTS) is 1. The zero-order valence-electron chi connectivity index (χ0n) is 18.7. The summed E-state index contributed by atoms with van der Waals surface area (Å²) in [7, 11) is 1.63. The molecular weight excluding hydrogens is 456 g/mol. The fourth-order valence-corrected chi connectivity index (χ4v) is 4.85. The number of aryl methyl sites for hydroxylation is 1. The van der Waals surface area contributed by atoms with Gasteiger partial charge in [0.2, 0.25) is 0 Å². The Balaban J connectivity index is 1.72. The van der Waals surface area contributed by atoms with E-state index in [4.69, 9.17) is 0 Å². The third-order valence-corrected chi connectivity index (χ3v) is 6.61. The average molecular weight is 475 g/mol. The summed E-state index contributed by atoms with van der Waals surface area (Å²) in [6, 6.07) is 2.94. The molecule has 0 aliphatic heterocycles. The first-order valence-corrected chi connectivity index (χ1v) is 11.1. The fraction of sp³-hybridized carbons (Fsp3) is 0.200. The van der Waals surface area contributed by atoms with E-state index in [0.717, 1.165) is 30.7 Å². The molecule has 1 aliphatic rings. The van der Waals surface area contributed by atoms with Gasteiger partial charge in [0, 0.05) is 48.2 Å². The minimum absolute atomic E-state index is 0.117. The van der Waals surface area contributed by atoms with Gasteiger partial charge in [0.25, 0.3) is 5.56 Å². The Bertz CT molecular complexity index is 1790. The van der Waals surface area contributed by atoms with Crippen molar-refractivity contribution in [1.29, 1.82) is 0 Å². The van der Waals surface area contributed by atoms with Crippen LogP contribution in [0.25, 0.3) is 38.7 Å². The molecule has 3 N–H and O–H groups in total. The lowest BCUT2D eigenvalue weighted by atomic mass is 9.94. The third kappa shape index (κ3) is 3.02. The van der Waals surface area contributed by atoms with E-state index in [9.17, 15) is 19.1 Å². The van der Waals surface area contributed by atoms with Gasteiger partial charge in [0.05, 0.1) is 16.6 Å². The van der Waals surface area contributed by atoms with E-state index in [1.807, 2.05) is 6.07 Å². The van der Waals surface area contributed by atoms with Crippen LogP contribution in [0.3, 0.4) is 0 Å². The molecule has 0 radical (unpaired) electrons. The number of benzene rings is 1. The molecule has 35 heavy (non-hydrogen) atoms. The average Bonchev–Trinajstić information content (AvgIpc) is 3.60. The van der Waals surface area contributed by atoms with E-state index in [1.165, 1.54) is 10.6 Å². The van der Waals surface area contributed by atoms with E-state index >= 15 is 4.39 Å². The van der Waals surface area contributed by atoms with Gasteiger partial charge in [-0.1, -0.05) is 0 Å². The van der Waals surface area contributed by atoms with Gasteiger partial charge in [-0.05, 0) is 42.9 Å². The molecule has 10 heteroatoms. The SMILES string of the molecule is CNc1cc(F)c(F)c2c1[nH]c1ncc(-c3cc(C)c4ncc(C(=O)O)c(=O)n4c3)c(C3CC3)c12. The smallest absolute Gasteiger partial charge is 0.342 e.